The van der Waals surface area contributed by atoms with Crippen molar-refractivity contribution in [1.29, 1.82) is 0 Å². The average molecular weight is 363 g/mol. The molecule has 1 aromatic heterocycles. The number of carbonyl (C=O) groups excluding carboxylic acids is 1. The third-order valence-electron chi connectivity index (χ3n) is 5.08. The molecule has 2 heterocycles. The normalized spacial score (nSPS) is 15.7. The molecule has 0 unspecified atom stereocenters. The number of para-hydroxylation sites is 1. The van der Waals surface area contributed by atoms with Gasteiger partial charge < -0.3 is 20.4 Å². The van der Waals surface area contributed by atoms with Crippen LogP contribution < -0.4 is 15.8 Å². The van der Waals surface area contributed by atoms with Crippen molar-refractivity contribution in [2.45, 2.75) is 45.5 Å². The van der Waals surface area contributed by atoms with Gasteiger partial charge in [-0.25, -0.2) is 0 Å². The fraction of sp³-hybridized carbons (Fsp3) is 0.318. The number of aromatic nitrogens is 1. The molecule has 0 spiro atoms. The van der Waals surface area contributed by atoms with Gasteiger partial charge in [0.15, 0.2) is 0 Å². The maximum atomic E-state index is 11.1. The Morgan fingerprint density at radius 3 is 2.96 bits per heavy atom. The topological polar surface area (TPSA) is 69.3 Å². The Morgan fingerprint density at radius 1 is 1.26 bits per heavy atom. The lowest BCUT2D eigenvalue weighted by Gasteiger charge is -2.06. The van der Waals surface area contributed by atoms with Crippen molar-refractivity contribution in [3.63, 3.8) is 0 Å². The van der Waals surface area contributed by atoms with Crippen molar-refractivity contribution in [2.75, 3.05) is 0 Å². The van der Waals surface area contributed by atoms with Gasteiger partial charge in [-0.15, -0.1) is 0 Å². The van der Waals surface area contributed by atoms with Crippen molar-refractivity contribution < 1.29 is 9.53 Å². The summed E-state index contributed by atoms with van der Waals surface area (Å²) in [5.74, 6) is 0.742. The summed E-state index contributed by atoms with van der Waals surface area (Å²) in [6, 6.07) is 14.7. The highest BCUT2D eigenvalue weighted by Crippen LogP contribution is 2.29. The van der Waals surface area contributed by atoms with Gasteiger partial charge in [0.1, 0.15) is 11.9 Å². The van der Waals surface area contributed by atoms with E-state index >= 15 is 0 Å². The number of fused-ring (bicyclic) bond motifs is 2. The number of nitrogens with two attached hydrogens (primary N) is 1. The van der Waals surface area contributed by atoms with Crippen molar-refractivity contribution >= 4 is 16.8 Å². The van der Waals surface area contributed by atoms with Gasteiger partial charge in [-0.3, -0.25) is 4.79 Å². The molecule has 4 rings (SSSR count). The molecule has 5 nitrogen and oxygen atoms in total. The van der Waals surface area contributed by atoms with Crippen LogP contribution >= 0.6 is 0 Å². The number of carbonyl (C=O) groups is 1. The number of benzene rings is 2. The van der Waals surface area contributed by atoms with Gasteiger partial charge in [0.2, 0.25) is 5.91 Å². The largest absolute Gasteiger partial charge is 0.490 e. The SMILES string of the molecule is C[C@@H]1Cc2cc(CNCc3cn(CCC(N)=O)c4ccccc34)ccc2O1. The molecule has 27 heavy (non-hydrogen) atoms. The first-order valence-electron chi connectivity index (χ1n) is 9.44. The van der Waals surface area contributed by atoms with Gasteiger partial charge in [-0.2, -0.15) is 0 Å². The average Bonchev–Trinajstić information content (AvgIpc) is 3.19. The highest BCUT2D eigenvalue weighted by atomic mass is 16.5. The Kier molecular flexibility index (Phi) is 4.86. The number of ether oxygens (including phenoxy) is 1. The molecule has 2 aromatic carbocycles. The number of nitrogens with zero attached hydrogens (tertiary/aromatic N) is 1. The predicted octanol–water partition coefficient (Wildman–Crippen LogP) is 3.13. The van der Waals surface area contributed by atoms with Crippen molar-refractivity contribution in [2.24, 2.45) is 5.73 Å². The van der Waals surface area contributed by atoms with Crippen LogP contribution in [0.5, 0.6) is 5.75 Å². The van der Waals surface area contributed by atoms with E-state index in [-0.39, 0.29) is 12.0 Å². The number of amides is 1. The van der Waals surface area contributed by atoms with Crippen molar-refractivity contribution in [3.05, 3.63) is 65.4 Å². The lowest BCUT2D eigenvalue weighted by molar-refractivity contribution is -0.118. The van der Waals surface area contributed by atoms with Crippen LogP contribution in [0, 0.1) is 0 Å². The highest BCUT2D eigenvalue weighted by molar-refractivity contribution is 5.84. The van der Waals surface area contributed by atoms with E-state index in [0.29, 0.717) is 13.0 Å². The molecule has 3 aromatic rings. The molecular weight excluding hydrogens is 338 g/mol. The van der Waals surface area contributed by atoms with Gasteiger partial charge in [-0.05, 0) is 35.7 Å². The van der Waals surface area contributed by atoms with Crippen LogP contribution in [-0.2, 0) is 30.8 Å². The number of rotatable bonds is 7. The summed E-state index contributed by atoms with van der Waals surface area (Å²) in [5, 5.41) is 4.76. The first kappa shape index (κ1) is 17.6. The third-order valence-corrected chi connectivity index (χ3v) is 5.08. The van der Waals surface area contributed by atoms with E-state index in [4.69, 9.17) is 10.5 Å². The van der Waals surface area contributed by atoms with Crippen molar-refractivity contribution in [1.82, 2.24) is 9.88 Å². The monoisotopic (exact) mass is 363 g/mol. The molecule has 5 heteroatoms. The Balaban J connectivity index is 1.45. The number of aryl methyl sites for hydroxylation is 1. The second kappa shape index (κ2) is 7.45. The maximum Gasteiger partial charge on any atom is 0.219 e. The standard InChI is InChI=1S/C22H25N3O2/c1-15-10-17-11-16(6-7-21(17)27-15)12-24-13-18-14-25(9-8-22(23)26)20-5-3-2-4-19(18)20/h2-7,11,14-15,24H,8-10,12-13H2,1H3,(H2,23,26)/t15-/m1/s1. The Bertz CT molecular complexity index is 977. The van der Waals surface area contributed by atoms with Gasteiger partial charge in [0.25, 0.3) is 0 Å². The first-order valence-corrected chi connectivity index (χ1v) is 9.44. The molecule has 0 aliphatic carbocycles. The van der Waals surface area contributed by atoms with E-state index < -0.39 is 0 Å². The summed E-state index contributed by atoms with van der Waals surface area (Å²) in [6.45, 7) is 4.29. The minimum Gasteiger partial charge on any atom is -0.490 e. The van der Waals surface area contributed by atoms with Gasteiger partial charge >= 0.3 is 0 Å². The van der Waals surface area contributed by atoms with Crippen LogP contribution in [0.1, 0.15) is 30.0 Å². The molecular formula is C22H25N3O2. The van der Waals surface area contributed by atoms with Crippen LogP contribution in [0.4, 0.5) is 0 Å². The second-order valence-electron chi connectivity index (χ2n) is 7.26. The Morgan fingerprint density at radius 2 is 2.11 bits per heavy atom. The summed E-state index contributed by atoms with van der Waals surface area (Å²) in [5.41, 5.74) is 10.2. The lowest BCUT2D eigenvalue weighted by atomic mass is 10.1. The molecule has 1 aliphatic rings. The third kappa shape index (κ3) is 3.83. The van der Waals surface area contributed by atoms with Crippen LogP contribution in [0.15, 0.2) is 48.7 Å². The zero-order chi connectivity index (χ0) is 18.8. The number of primary amides is 1. The van der Waals surface area contributed by atoms with E-state index in [1.54, 1.807) is 0 Å². The molecule has 1 aliphatic heterocycles. The zero-order valence-electron chi connectivity index (χ0n) is 15.6. The summed E-state index contributed by atoms with van der Waals surface area (Å²) in [7, 11) is 0. The zero-order valence-corrected chi connectivity index (χ0v) is 15.6. The molecule has 0 saturated heterocycles. The van der Waals surface area contributed by atoms with E-state index in [2.05, 4.69) is 53.3 Å². The maximum absolute atomic E-state index is 11.1. The Hall–Kier alpha value is -2.79. The number of hydrogen-bond acceptors (Lipinski definition) is 3. The summed E-state index contributed by atoms with van der Waals surface area (Å²) < 4.78 is 7.89. The molecule has 0 bridgehead atoms. The lowest BCUT2D eigenvalue weighted by Crippen LogP contribution is -2.14. The molecule has 0 saturated carbocycles. The van der Waals surface area contributed by atoms with Crippen LogP contribution in [-0.4, -0.2) is 16.6 Å². The fourth-order valence-corrected chi connectivity index (χ4v) is 3.81. The molecule has 0 fully saturated rings. The second-order valence-corrected chi connectivity index (χ2v) is 7.26. The molecule has 1 amide bonds. The van der Waals surface area contributed by atoms with E-state index in [1.807, 2.05) is 12.1 Å². The van der Waals surface area contributed by atoms with E-state index in [1.165, 1.54) is 22.1 Å². The van der Waals surface area contributed by atoms with E-state index in [0.717, 1.165) is 30.8 Å². The Labute approximate surface area is 159 Å². The summed E-state index contributed by atoms with van der Waals surface area (Å²) >= 11 is 0. The quantitative estimate of drug-likeness (QED) is 0.678. The molecule has 140 valence electrons. The summed E-state index contributed by atoms with van der Waals surface area (Å²) in [6.07, 6.45) is 3.73. The van der Waals surface area contributed by atoms with Crippen LogP contribution in [0.25, 0.3) is 10.9 Å². The molecule has 3 N–H and O–H groups in total. The van der Waals surface area contributed by atoms with Gasteiger partial charge in [0.05, 0.1) is 0 Å². The fourth-order valence-electron chi connectivity index (χ4n) is 3.81. The number of hydrogen-bond donors (Lipinski definition) is 2. The minimum atomic E-state index is -0.276. The summed E-state index contributed by atoms with van der Waals surface area (Å²) in [4.78, 5) is 11.1. The first-order chi connectivity index (χ1) is 13.1. The predicted molar refractivity (Wildman–Crippen MR) is 107 cm³/mol. The molecule has 1 atom stereocenters. The van der Waals surface area contributed by atoms with Gasteiger partial charge in [-0.1, -0.05) is 30.3 Å². The molecule has 0 radical (unpaired) electrons. The smallest absolute Gasteiger partial charge is 0.219 e. The van der Waals surface area contributed by atoms with E-state index in [9.17, 15) is 4.79 Å². The highest BCUT2D eigenvalue weighted by Gasteiger charge is 2.18. The van der Waals surface area contributed by atoms with Crippen LogP contribution in [0.2, 0.25) is 0 Å². The van der Waals surface area contributed by atoms with Crippen LogP contribution in [0.3, 0.4) is 0 Å². The van der Waals surface area contributed by atoms with Gasteiger partial charge in [0, 0.05) is 49.6 Å². The number of nitrogens with one attached hydrogen (secondary N) is 1. The minimum absolute atomic E-state index is 0.273. The van der Waals surface area contributed by atoms with Crippen molar-refractivity contribution in [3.8, 4) is 5.75 Å².